The quantitative estimate of drug-likeness (QED) is 0.368. The topological polar surface area (TPSA) is 86.3 Å². The molecule has 1 fully saturated rings. The van der Waals surface area contributed by atoms with E-state index in [0.717, 1.165) is 61.5 Å². The molecule has 2 aromatic carbocycles. The Morgan fingerprint density at radius 1 is 0.949 bits per heavy atom. The van der Waals surface area contributed by atoms with Gasteiger partial charge in [-0.15, -0.1) is 0 Å². The molecule has 0 bridgehead atoms. The number of likely N-dealkylation sites (N-methyl/N-ethyl adjacent to an activating group) is 1. The maximum absolute atomic E-state index is 13.2. The van der Waals surface area contributed by atoms with E-state index in [0.29, 0.717) is 23.2 Å². The number of hydrogen-bond donors (Lipinski definition) is 2. The Labute approximate surface area is 229 Å². The van der Waals surface area contributed by atoms with Crippen LogP contribution in [0.4, 0.5) is 17.3 Å². The monoisotopic (exact) mass is 519 g/mol. The van der Waals surface area contributed by atoms with E-state index in [1.807, 2.05) is 49.4 Å². The number of nitrogens with zero attached hydrogens (tertiary/aromatic N) is 5. The minimum atomic E-state index is -0.105. The zero-order valence-corrected chi connectivity index (χ0v) is 22.4. The molecule has 8 heteroatoms. The lowest BCUT2D eigenvalue weighted by atomic mass is 10.0. The van der Waals surface area contributed by atoms with Crippen molar-refractivity contribution in [1.29, 1.82) is 0 Å². The number of rotatable bonds is 6. The third-order valence-corrected chi connectivity index (χ3v) is 7.80. The van der Waals surface area contributed by atoms with E-state index in [1.165, 1.54) is 11.1 Å². The SMILES string of the molecule is Cc1ccc(NC(=O)c2ccc3c(c2)CC[C@@H]3N2CCN(C)CC2)cc1Nc1nccc(-c2ccncc2)n1. The van der Waals surface area contributed by atoms with Crippen molar-refractivity contribution in [3.05, 3.63) is 95.4 Å². The van der Waals surface area contributed by atoms with Gasteiger partial charge in [0.25, 0.3) is 5.91 Å². The van der Waals surface area contributed by atoms with Crippen LogP contribution in [0.1, 0.15) is 39.5 Å². The number of carbonyl (C=O) groups excluding carboxylic acids is 1. The Morgan fingerprint density at radius 2 is 1.77 bits per heavy atom. The smallest absolute Gasteiger partial charge is 0.255 e. The summed E-state index contributed by atoms with van der Waals surface area (Å²) in [5.74, 6) is 0.385. The Kier molecular flexibility index (Phi) is 7.04. The molecule has 0 unspecified atom stereocenters. The van der Waals surface area contributed by atoms with Crippen LogP contribution >= 0.6 is 0 Å². The first-order valence-electron chi connectivity index (χ1n) is 13.5. The van der Waals surface area contributed by atoms with E-state index >= 15 is 0 Å². The van der Waals surface area contributed by atoms with Crippen LogP contribution in [0, 0.1) is 6.92 Å². The normalized spacial score (nSPS) is 17.5. The van der Waals surface area contributed by atoms with Gasteiger partial charge in [-0.1, -0.05) is 12.1 Å². The van der Waals surface area contributed by atoms with Crippen molar-refractivity contribution in [1.82, 2.24) is 24.8 Å². The maximum atomic E-state index is 13.2. The highest BCUT2D eigenvalue weighted by molar-refractivity contribution is 6.04. The molecule has 1 aliphatic carbocycles. The molecule has 4 aromatic rings. The molecule has 0 radical (unpaired) electrons. The van der Waals surface area contributed by atoms with Gasteiger partial charge in [-0.05, 0) is 86.0 Å². The second kappa shape index (κ2) is 10.9. The number of benzene rings is 2. The predicted molar refractivity (Wildman–Crippen MR) is 154 cm³/mol. The van der Waals surface area contributed by atoms with Gasteiger partial charge in [0.15, 0.2) is 0 Å². The summed E-state index contributed by atoms with van der Waals surface area (Å²) in [5.41, 5.74) is 7.73. The van der Waals surface area contributed by atoms with Crippen molar-refractivity contribution >= 4 is 23.2 Å². The Morgan fingerprint density at radius 3 is 2.59 bits per heavy atom. The van der Waals surface area contributed by atoms with E-state index < -0.39 is 0 Å². The number of amides is 1. The average Bonchev–Trinajstić information content (AvgIpc) is 3.39. The second-order valence-electron chi connectivity index (χ2n) is 10.4. The van der Waals surface area contributed by atoms with Crippen LogP contribution in [-0.2, 0) is 6.42 Å². The first-order valence-corrected chi connectivity index (χ1v) is 13.5. The number of fused-ring (bicyclic) bond motifs is 1. The van der Waals surface area contributed by atoms with Gasteiger partial charge >= 0.3 is 0 Å². The van der Waals surface area contributed by atoms with E-state index in [4.69, 9.17) is 0 Å². The number of pyridine rings is 1. The summed E-state index contributed by atoms with van der Waals surface area (Å²) in [6, 6.07) is 18.2. The Balaban J connectivity index is 1.15. The van der Waals surface area contributed by atoms with Gasteiger partial charge < -0.3 is 15.5 Å². The summed E-state index contributed by atoms with van der Waals surface area (Å²) in [6.07, 6.45) is 7.36. The minimum Gasteiger partial charge on any atom is -0.324 e. The van der Waals surface area contributed by atoms with Crippen molar-refractivity contribution < 1.29 is 4.79 Å². The molecule has 2 N–H and O–H groups in total. The summed E-state index contributed by atoms with van der Waals surface area (Å²) >= 11 is 0. The molecule has 1 atom stereocenters. The van der Waals surface area contributed by atoms with Gasteiger partial charge in [-0.3, -0.25) is 14.7 Å². The van der Waals surface area contributed by atoms with Crippen LogP contribution in [0.25, 0.3) is 11.3 Å². The standard InChI is InChI=1S/C31H33N7O/c1-21-3-6-25(20-28(21)36-31-33-14-11-27(35-31)22-9-12-32-13-10-22)34-30(39)24-4-7-26-23(19-24)5-8-29(26)38-17-15-37(2)16-18-38/h3-4,6-7,9-14,19-20,29H,5,8,15-18H2,1-2H3,(H,34,39)(H,33,35,36)/t29-/m0/s1. The van der Waals surface area contributed by atoms with Crippen molar-refractivity contribution in [2.24, 2.45) is 0 Å². The summed E-state index contributed by atoms with van der Waals surface area (Å²) in [7, 11) is 2.19. The van der Waals surface area contributed by atoms with E-state index in [1.54, 1.807) is 18.6 Å². The van der Waals surface area contributed by atoms with Gasteiger partial charge in [-0.25, -0.2) is 9.97 Å². The number of aryl methyl sites for hydroxylation is 2. The maximum Gasteiger partial charge on any atom is 0.255 e. The number of aromatic nitrogens is 3. The zero-order valence-electron chi connectivity index (χ0n) is 22.4. The number of carbonyl (C=O) groups is 1. The predicted octanol–water partition coefficient (Wildman–Crippen LogP) is 5.08. The molecule has 3 heterocycles. The lowest BCUT2D eigenvalue weighted by Gasteiger charge is -2.36. The molecule has 2 aliphatic rings. The van der Waals surface area contributed by atoms with Crippen molar-refractivity contribution in [2.75, 3.05) is 43.9 Å². The van der Waals surface area contributed by atoms with Crippen LogP contribution in [0.15, 0.2) is 73.2 Å². The van der Waals surface area contributed by atoms with Crippen molar-refractivity contribution in [3.8, 4) is 11.3 Å². The number of hydrogen-bond acceptors (Lipinski definition) is 7. The molecular formula is C31H33N7O. The first kappa shape index (κ1) is 25.2. The molecule has 2 aromatic heterocycles. The minimum absolute atomic E-state index is 0.105. The van der Waals surface area contributed by atoms with Gasteiger partial charge in [0, 0.05) is 73.3 Å². The van der Waals surface area contributed by atoms with Crippen LogP contribution < -0.4 is 10.6 Å². The molecule has 0 spiro atoms. The van der Waals surface area contributed by atoms with E-state index in [2.05, 4.69) is 54.6 Å². The summed E-state index contributed by atoms with van der Waals surface area (Å²) in [6.45, 7) is 6.44. The number of nitrogens with one attached hydrogen (secondary N) is 2. The highest BCUT2D eigenvalue weighted by Crippen LogP contribution is 2.37. The third-order valence-electron chi connectivity index (χ3n) is 7.80. The summed E-state index contributed by atoms with van der Waals surface area (Å²) in [4.78, 5) is 31.3. The second-order valence-corrected chi connectivity index (χ2v) is 10.4. The van der Waals surface area contributed by atoms with Gasteiger partial charge in [0.1, 0.15) is 0 Å². The molecule has 198 valence electrons. The van der Waals surface area contributed by atoms with Gasteiger partial charge in [0.05, 0.1) is 5.69 Å². The van der Waals surface area contributed by atoms with E-state index in [-0.39, 0.29) is 5.91 Å². The highest BCUT2D eigenvalue weighted by atomic mass is 16.1. The van der Waals surface area contributed by atoms with Crippen molar-refractivity contribution in [2.45, 2.75) is 25.8 Å². The molecule has 0 saturated carbocycles. The van der Waals surface area contributed by atoms with Crippen molar-refractivity contribution in [3.63, 3.8) is 0 Å². The van der Waals surface area contributed by atoms with Gasteiger partial charge in [-0.2, -0.15) is 0 Å². The first-order chi connectivity index (χ1) is 19.0. The molecule has 39 heavy (non-hydrogen) atoms. The molecule has 1 aliphatic heterocycles. The average molecular weight is 520 g/mol. The molecular weight excluding hydrogens is 486 g/mol. The molecule has 1 saturated heterocycles. The Bertz CT molecular complexity index is 1480. The third kappa shape index (κ3) is 5.53. The fourth-order valence-electron chi connectivity index (χ4n) is 5.51. The number of anilines is 3. The molecule has 6 rings (SSSR count). The van der Waals surface area contributed by atoms with Crippen LogP contribution in [-0.4, -0.2) is 63.9 Å². The largest absolute Gasteiger partial charge is 0.324 e. The fourth-order valence-corrected chi connectivity index (χ4v) is 5.51. The summed E-state index contributed by atoms with van der Waals surface area (Å²) in [5, 5.41) is 6.39. The fraction of sp³-hybridized carbons (Fsp3) is 0.290. The zero-order chi connectivity index (χ0) is 26.8. The summed E-state index contributed by atoms with van der Waals surface area (Å²) < 4.78 is 0. The molecule has 1 amide bonds. The molecule has 8 nitrogen and oxygen atoms in total. The highest BCUT2D eigenvalue weighted by Gasteiger charge is 2.30. The number of piperazine rings is 1. The lowest BCUT2D eigenvalue weighted by molar-refractivity contribution is 0.102. The Hall–Kier alpha value is -4.14. The van der Waals surface area contributed by atoms with Gasteiger partial charge in [0.2, 0.25) is 5.95 Å². The van der Waals surface area contributed by atoms with Crippen LogP contribution in [0.5, 0.6) is 0 Å². The van der Waals surface area contributed by atoms with Crippen LogP contribution in [0.2, 0.25) is 0 Å². The van der Waals surface area contributed by atoms with E-state index in [9.17, 15) is 4.79 Å². The lowest BCUT2D eigenvalue weighted by Crippen LogP contribution is -2.45. The van der Waals surface area contributed by atoms with Crippen LogP contribution in [0.3, 0.4) is 0 Å².